The number of carbonyl (C=O) groups is 2. The monoisotopic (exact) mass is 674 g/mol. The average molecular weight is 674 g/mol. The SMILES string of the molecule is O=C1C=CC(N([O-])[O-])=CC1=NN=C1C(=O)C=Cc2ccccc21.O=[N+]([O-])c1ccc([O-])c(N=Nc2c([O-])ccc3ccccc23)c1.[Co+3].[H+]. The first-order valence-electron chi connectivity index (χ1n) is 13.2. The molecule has 0 radical (unpaired) electrons. The second-order valence-electron chi connectivity index (χ2n) is 9.49. The summed E-state index contributed by atoms with van der Waals surface area (Å²) in [6.07, 6.45) is 6.21. The summed E-state index contributed by atoms with van der Waals surface area (Å²) in [6, 6.07) is 20.4. The van der Waals surface area contributed by atoms with E-state index >= 15 is 0 Å². The van der Waals surface area contributed by atoms with E-state index in [1.807, 2.05) is 24.3 Å². The van der Waals surface area contributed by atoms with E-state index in [4.69, 9.17) is 0 Å². The van der Waals surface area contributed by atoms with Crippen molar-refractivity contribution in [2.75, 3.05) is 0 Å². The Hall–Kier alpha value is -6.13. The van der Waals surface area contributed by atoms with Crippen LogP contribution in [0.1, 0.15) is 12.6 Å². The van der Waals surface area contributed by atoms with Crippen molar-refractivity contribution in [1.29, 1.82) is 0 Å². The summed E-state index contributed by atoms with van der Waals surface area (Å²) in [6.45, 7) is 0. The average Bonchev–Trinajstić information content (AvgIpc) is 3.05. The zero-order valence-electron chi connectivity index (χ0n) is 24.7. The minimum Gasteiger partial charge on any atom is -0.871 e. The summed E-state index contributed by atoms with van der Waals surface area (Å²) in [5.74, 6) is -1.70. The molecule has 0 atom stereocenters. The Bertz CT molecular complexity index is 2090. The molecular formula is C32H19CoN6O8. The van der Waals surface area contributed by atoms with Crippen molar-refractivity contribution < 1.29 is 42.9 Å². The van der Waals surface area contributed by atoms with E-state index in [1.165, 1.54) is 12.1 Å². The Kier molecular flexibility index (Phi) is 10.6. The Morgan fingerprint density at radius 2 is 1.45 bits per heavy atom. The van der Waals surface area contributed by atoms with Gasteiger partial charge < -0.3 is 25.9 Å². The van der Waals surface area contributed by atoms with Gasteiger partial charge in [0.05, 0.1) is 16.3 Å². The number of benzene rings is 4. The zero-order valence-corrected chi connectivity index (χ0v) is 24.7. The molecule has 0 fully saturated rings. The van der Waals surface area contributed by atoms with Crippen LogP contribution >= 0.6 is 0 Å². The number of hydrogen-bond acceptors (Lipinski definition) is 13. The topological polar surface area (TPSA) is 222 Å². The van der Waals surface area contributed by atoms with Gasteiger partial charge in [-0.2, -0.15) is 10.2 Å². The van der Waals surface area contributed by atoms with E-state index < -0.39 is 21.7 Å². The molecule has 0 saturated carbocycles. The summed E-state index contributed by atoms with van der Waals surface area (Å²) in [4.78, 5) is 33.8. The Morgan fingerprint density at radius 3 is 2.21 bits per heavy atom. The van der Waals surface area contributed by atoms with Gasteiger partial charge in [-0.25, -0.2) is 0 Å². The molecule has 4 aromatic rings. The molecule has 0 N–H and O–H groups in total. The molecule has 15 heteroatoms. The van der Waals surface area contributed by atoms with Gasteiger partial charge in [0.25, 0.3) is 5.69 Å². The van der Waals surface area contributed by atoms with E-state index in [-0.39, 0.29) is 63.9 Å². The minimum atomic E-state index is -0.630. The minimum absolute atomic E-state index is 0. The van der Waals surface area contributed by atoms with Crippen LogP contribution in [0.4, 0.5) is 17.1 Å². The predicted octanol–water partition coefficient (Wildman–Crippen LogP) is 5.17. The van der Waals surface area contributed by atoms with Crippen LogP contribution in [0.25, 0.3) is 16.8 Å². The summed E-state index contributed by atoms with van der Waals surface area (Å²) in [5.41, 5.74) is 0.683. The Balaban J connectivity index is 0.000000250. The maximum atomic E-state index is 12.0. The van der Waals surface area contributed by atoms with Crippen LogP contribution in [0.15, 0.2) is 129 Å². The predicted molar refractivity (Wildman–Crippen MR) is 166 cm³/mol. The molecule has 0 aromatic heterocycles. The van der Waals surface area contributed by atoms with Crippen molar-refractivity contribution in [1.82, 2.24) is 5.23 Å². The normalized spacial score (nSPS) is 15.2. The van der Waals surface area contributed by atoms with Crippen LogP contribution in [0.3, 0.4) is 0 Å². The largest absolute Gasteiger partial charge is 3.00 e. The van der Waals surface area contributed by atoms with Crippen LogP contribution in [0, 0.1) is 20.5 Å². The van der Waals surface area contributed by atoms with Gasteiger partial charge in [0, 0.05) is 28.8 Å². The maximum absolute atomic E-state index is 12.0. The molecule has 2 aliphatic rings. The molecule has 14 nitrogen and oxygen atoms in total. The van der Waals surface area contributed by atoms with Gasteiger partial charge in [-0.1, -0.05) is 84.3 Å². The molecule has 0 amide bonds. The van der Waals surface area contributed by atoms with E-state index in [1.54, 1.807) is 36.4 Å². The summed E-state index contributed by atoms with van der Waals surface area (Å²) >= 11 is 0. The quantitative estimate of drug-likeness (QED) is 0.118. The van der Waals surface area contributed by atoms with Gasteiger partial charge >= 0.3 is 18.2 Å². The van der Waals surface area contributed by atoms with Gasteiger partial charge in [-0.15, -0.1) is 10.2 Å². The number of nitrogens with zero attached hydrogens (tertiary/aromatic N) is 6. The molecule has 0 heterocycles. The number of carbonyl (C=O) groups excluding carboxylic acids is 2. The number of nitro groups is 1. The van der Waals surface area contributed by atoms with E-state index in [9.17, 15) is 40.3 Å². The number of rotatable bonds is 5. The fourth-order valence-corrected chi connectivity index (χ4v) is 4.28. The smallest absolute Gasteiger partial charge is 0.871 e. The van der Waals surface area contributed by atoms with Gasteiger partial charge in [-0.05, 0) is 35.3 Å². The first kappa shape index (κ1) is 33.8. The van der Waals surface area contributed by atoms with Crippen LogP contribution < -0.4 is 10.2 Å². The van der Waals surface area contributed by atoms with Crippen molar-refractivity contribution in [3.63, 3.8) is 0 Å². The van der Waals surface area contributed by atoms with Crippen LogP contribution in [-0.2, 0) is 26.4 Å². The van der Waals surface area contributed by atoms with Crippen LogP contribution in [0.5, 0.6) is 11.5 Å². The third-order valence-electron chi connectivity index (χ3n) is 6.55. The molecule has 0 unspecified atom stereocenters. The van der Waals surface area contributed by atoms with E-state index in [0.29, 0.717) is 10.9 Å². The molecule has 0 bridgehead atoms. The van der Waals surface area contributed by atoms with E-state index in [2.05, 4.69) is 20.4 Å². The van der Waals surface area contributed by atoms with Crippen molar-refractivity contribution in [2.24, 2.45) is 20.4 Å². The van der Waals surface area contributed by atoms with Crippen LogP contribution in [0.2, 0.25) is 0 Å². The van der Waals surface area contributed by atoms with Gasteiger partial charge in [-0.3, -0.25) is 19.7 Å². The van der Waals surface area contributed by atoms with Crippen molar-refractivity contribution >= 4 is 56.9 Å². The molecule has 0 aliphatic heterocycles. The Labute approximate surface area is 277 Å². The van der Waals surface area contributed by atoms with E-state index in [0.717, 1.165) is 47.4 Å². The van der Waals surface area contributed by atoms with Gasteiger partial charge in [0.1, 0.15) is 11.4 Å². The number of ketones is 2. The second kappa shape index (κ2) is 14.8. The fraction of sp³-hybridized carbons (Fsp3) is 0. The number of hydrogen-bond donors (Lipinski definition) is 0. The van der Waals surface area contributed by atoms with Crippen molar-refractivity contribution in [3.8, 4) is 11.5 Å². The van der Waals surface area contributed by atoms with Crippen molar-refractivity contribution in [2.45, 2.75) is 0 Å². The number of nitro benzene ring substituents is 1. The number of non-ortho nitro benzene ring substituents is 1. The fourth-order valence-electron chi connectivity index (χ4n) is 4.28. The molecule has 47 heavy (non-hydrogen) atoms. The molecule has 0 saturated heterocycles. The van der Waals surface area contributed by atoms with Crippen LogP contribution in [-0.4, -0.2) is 33.1 Å². The molecule has 234 valence electrons. The standard InChI is InChI=1S/C16H11N3O4.C16H9N3O4.Co/c2*20-14-8-6-11(19(22)23)9-13(14)17-18-16-12-4-2-1-3-10(12)5-7-15(16)21;/h1-9,20-21H;1-9H;/q;-2;+3/p-1. The first-order valence-corrected chi connectivity index (χ1v) is 13.2. The third kappa shape index (κ3) is 7.75. The summed E-state index contributed by atoms with van der Waals surface area (Å²) in [7, 11) is 0. The van der Waals surface area contributed by atoms with Gasteiger partial charge in [0.15, 0.2) is 0 Å². The van der Waals surface area contributed by atoms with Gasteiger partial charge in [0.2, 0.25) is 11.6 Å². The molecular weight excluding hydrogens is 655 g/mol. The molecule has 6 rings (SSSR count). The Morgan fingerprint density at radius 1 is 0.745 bits per heavy atom. The first-order chi connectivity index (χ1) is 22.1. The number of fused-ring (bicyclic) bond motifs is 2. The molecule has 0 spiro atoms. The summed E-state index contributed by atoms with van der Waals surface area (Å²) in [5, 5.41) is 71.9. The number of allylic oxidation sites excluding steroid dienone is 4. The number of azo groups is 1. The summed E-state index contributed by atoms with van der Waals surface area (Å²) < 4.78 is 0. The second-order valence-corrected chi connectivity index (χ2v) is 9.49. The molecule has 2 aliphatic carbocycles. The molecule has 4 aromatic carbocycles. The third-order valence-corrected chi connectivity index (χ3v) is 6.55. The number of hydroxylamine groups is 2. The van der Waals surface area contributed by atoms with Crippen molar-refractivity contribution in [3.05, 3.63) is 141 Å². The zero-order chi connectivity index (χ0) is 32.8. The maximum Gasteiger partial charge on any atom is 3.00 e.